The standard InChI is InChI=1S/C22H25N5OS/c1-15-10-18(14-29-15)22(28)27-9-5-7-17(13-27)19-11-20(26(2)3)25-21(24-19)16-6-4-8-23-12-16/h4,6,8,10-12,14,17H,5,7,9,13H2,1-3H3. The summed E-state index contributed by atoms with van der Waals surface area (Å²) in [7, 11) is 3.96. The van der Waals surface area contributed by atoms with Crippen LogP contribution >= 0.6 is 11.3 Å². The van der Waals surface area contributed by atoms with Gasteiger partial charge in [-0.15, -0.1) is 11.3 Å². The fourth-order valence-electron chi connectivity index (χ4n) is 3.66. The van der Waals surface area contributed by atoms with Crippen molar-refractivity contribution in [2.24, 2.45) is 0 Å². The number of carbonyl (C=O) groups excluding carboxylic acids is 1. The van der Waals surface area contributed by atoms with Crippen LogP contribution < -0.4 is 4.90 Å². The summed E-state index contributed by atoms with van der Waals surface area (Å²) in [6.45, 7) is 3.51. The Kier molecular flexibility index (Phi) is 5.58. The molecule has 0 saturated carbocycles. The number of anilines is 1. The lowest BCUT2D eigenvalue weighted by Gasteiger charge is -2.32. The highest BCUT2D eigenvalue weighted by molar-refractivity contribution is 7.10. The van der Waals surface area contributed by atoms with Crippen molar-refractivity contribution in [3.8, 4) is 11.4 Å². The van der Waals surface area contributed by atoms with E-state index in [1.54, 1.807) is 23.7 Å². The smallest absolute Gasteiger partial charge is 0.254 e. The van der Waals surface area contributed by atoms with Gasteiger partial charge >= 0.3 is 0 Å². The zero-order valence-electron chi connectivity index (χ0n) is 17.0. The van der Waals surface area contributed by atoms with E-state index in [1.807, 2.05) is 60.5 Å². The topological polar surface area (TPSA) is 62.2 Å². The van der Waals surface area contributed by atoms with Crippen LogP contribution in [0, 0.1) is 6.92 Å². The molecule has 0 bridgehead atoms. The number of nitrogens with zero attached hydrogens (tertiary/aromatic N) is 5. The van der Waals surface area contributed by atoms with E-state index in [4.69, 9.17) is 9.97 Å². The number of rotatable bonds is 4. The Balaban J connectivity index is 1.63. The van der Waals surface area contributed by atoms with Crippen LogP contribution in [0.3, 0.4) is 0 Å². The summed E-state index contributed by atoms with van der Waals surface area (Å²) in [4.78, 5) is 31.8. The number of aryl methyl sites for hydroxylation is 1. The van der Waals surface area contributed by atoms with Crippen LogP contribution in [0.25, 0.3) is 11.4 Å². The number of thiophene rings is 1. The second-order valence-corrected chi connectivity index (χ2v) is 8.76. The number of hydrogen-bond acceptors (Lipinski definition) is 6. The van der Waals surface area contributed by atoms with Gasteiger partial charge in [0.15, 0.2) is 5.82 Å². The molecule has 4 rings (SSSR count). The third-order valence-electron chi connectivity index (χ3n) is 5.21. The summed E-state index contributed by atoms with van der Waals surface area (Å²) in [5, 5.41) is 1.95. The molecule has 1 saturated heterocycles. The highest BCUT2D eigenvalue weighted by atomic mass is 32.1. The second-order valence-electron chi connectivity index (χ2n) is 7.65. The van der Waals surface area contributed by atoms with E-state index in [2.05, 4.69) is 4.98 Å². The van der Waals surface area contributed by atoms with Gasteiger partial charge in [0.25, 0.3) is 5.91 Å². The lowest BCUT2D eigenvalue weighted by atomic mass is 9.93. The van der Waals surface area contributed by atoms with Crippen molar-refractivity contribution in [2.75, 3.05) is 32.1 Å². The maximum absolute atomic E-state index is 12.9. The minimum atomic E-state index is 0.119. The molecule has 150 valence electrons. The Morgan fingerprint density at radius 1 is 1.28 bits per heavy atom. The van der Waals surface area contributed by atoms with Crippen LogP contribution in [-0.2, 0) is 0 Å². The third kappa shape index (κ3) is 4.29. The minimum absolute atomic E-state index is 0.119. The molecule has 4 heterocycles. The van der Waals surface area contributed by atoms with Crippen LogP contribution in [0.5, 0.6) is 0 Å². The summed E-state index contributed by atoms with van der Waals surface area (Å²) < 4.78 is 0. The number of hydrogen-bond donors (Lipinski definition) is 0. The summed E-state index contributed by atoms with van der Waals surface area (Å²) in [6, 6.07) is 7.89. The highest BCUT2D eigenvalue weighted by Crippen LogP contribution is 2.30. The van der Waals surface area contributed by atoms with Crippen molar-refractivity contribution in [3.05, 3.63) is 58.2 Å². The number of amides is 1. The van der Waals surface area contributed by atoms with Crippen LogP contribution in [0.2, 0.25) is 0 Å². The number of piperidine rings is 1. The van der Waals surface area contributed by atoms with E-state index < -0.39 is 0 Å². The zero-order valence-corrected chi connectivity index (χ0v) is 17.8. The first-order valence-corrected chi connectivity index (χ1v) is 10.7. The van der Waals surface area contributed by atoms with E-state index in [1.165, 1.54) is 0 Å². The number of aromatic nitrogens is 3. The maximum atomic E-state index is 12.9. The van der Waals surface area contributed by atoms with E-state index in [-0.39, 0.29) is 11.8 Å². The predicted octanol–water partition coefficient (Wildman–Crippen LogP) is 3.99. The van der Waals surface area contributed by atoms with Crippen molar-refractivity contribution in [2.45, 2.75) is 25.7 Å². The molecular weight excluding hydrogens is 382 g/mol. The first kappa shape index (κ1) is 19.5. The molecule has 1 amide bonds. The van der Waals surface area contributed by atoms with Gasteiger partial charge in [-0.05, 0) is 38.0 Å². The third-order valence-corrected chi connectivity index (χ3v) is 6.08. The molecular formula is C22H25N5OS. The molecule has 3 aromatic heterocycles. The molecule has 0 N–H and O–H groups in total. The Hall–Kier alpha value is -2.80. The van der Waals surface area contributed by atoms with E-state index in [0.29, 0.717) is 12.4 Å². The molecule has 1 atom stereocenters. The van der Waals surface area contributed by atoms with Crippen LogP contribution in [0.1, 0.15) is 39.7 Å². The Morgan fingerprint density at radius 2 is 2.14 bits per heavy atom. The Bertz CT molecular complexity index is 1000. The normalized spacial score (nSPS) is 16.7. The summed E-state index contributed by atoms with van der Waals surface area (Å²) in [6.07, 6.45) is 5.52. The van der Waals surface area contributed by atoms with Gasteiger partial charge in [0, 0.05) is 67.4 Å². The minimum Gasteiger partial charge on any atom is -0.363 e. The van der Waals surface area contributed by atoms with Gasteiger partial charge in [0.05, 0.1) is 11.3 Å². The molecule has 3 aromatic rings. The van der Waals surface area contributed by atoms with Crippen molar-refractivity contribution < 1.29 is 4.79 Å². The summed E-state index contributed by atoms with van der Waals surface area (Å²) in [5.41, 5.74) is 2.68. The van der Waals surface area contributed by atoms with Gasteiger partial charge in [-0.1, -0.05) is 0 Å². The fourth-order valence-corrected chi connectivity index (χ4v) is 4.33. The second kappa shape index (κ2) is 8.29. The van der Waals surface area contributed by atoms with Gasteiger partial charge in [0.2, 0.25) is 0 Å². The van der Waals surface area contributed by atoms with E-state index in [9.17, 15) is 4.79 Å². The average Bonchev–Trinajstić information content (AvgIpc) is 3.20. The quantitative estimate of drug-likeness (QED) is 0.654. The van der Waals surface area contributed by atoms with E-state index >= 15 is 0 Å². The van der Waals surface area contributed by atoms with Gasteiger partial charge in [-0.3, -0.25) is 9.78 Å². The van der Waals surface area contributed by atoms with Crippen molar-refractivity contribution >= 4 is 23.1 Å². The van der Waals surface area contributed by atoms with Crippen molar-refractivity contribution in [3.63, 3.8) is 0 Å². The van der Waals surface area contributed by atoms with Gasteiger partial charge < -0.3 is 9.80 Å². The lowest BCUT2D eigenvalue weighted by Crippen LogP contribution is -2.39. The number of likely N-dealkylation sites (tertiary alicyclic amines) is 1. The highest BCUT2D eigenvalue weighted by Gasteiger charge is 2.27. The summed E-state index contributed by atoms with van der Waals surface area (Å²) >= 11 is 1.62. The van der Waals surface area contributed by atoms with Gasteiger partial charge in [0.1, 0.15) is 5.82 Å². The van der Waals surface area contributed by atoms with Gasteiger partial charge in [-0.25, -0.2) is 9.97 Å². The van der Waals surface area contributed by atoms with E-state index in [0.717, 1.165) is 46.9 Å². The molecule has 7 heteroatoms. The molecule has 0 radical (unpaired) electrons. The first-order valence-electron chi connectivity index (χ1n) is 9.82. The molecule has 1 unspecified atom stereocenters. The molecule has 0 spiro atoms. The molecule has 29 heavy (non-hydrogen) atoms. The molecule has 0 aromatic carbocycles. The number of carbonyl (C=O) groups is 1. The van der Waals surface area contributed by atoms with Crippen molar-refractivity contribution in [1.82, 2.24) is 19.9 Å². The molecule has 6 nitrogen and oxygen atoms in total. The largest absolute Gasteiger partial charge is 0.363 e. The Labute approximate surface area is 175 Å². The lowest BCUT2D eigenvalue weighted by molar-refractivity contribution is 0.0706. The molecule has 0 aliphatic carbocycles. The maximum Gasteiger partial charge on any atom is 0.254 e. The average molecular weight is 408 g/mol. The number of pyridine rings is 1. The van der Waals surface area contributed by atoms with Crippen molar-refractivity contribution in [1.29, 1.82) is 0 Å². The zero-order chi connectivity index (χ0) is 20.4. The summed E-state index contributed by atoms with van der Waals surface area (Å²) in [5.74, 6) is 1.86. The molecule has 1 aliphatic heterocycles. The fraction of sp³-hybridized carbons (Fsp3) is 0.364. The molecule has 1 fully saturated rings. The van der Waals surface area contributed by atoms with Gasteiger partial charge in [-0.2, -0.15) is 0 Å². The van der Waals surface area contributed by atoms with Crippen LogP contribution in [0.15, 0.2) is 42.0 Å². The van der Waals surface area contributed by atoms with Crippen LogP contribution in [-0.4, -0.2) is 52.9 Å². The van der Waals surface area contributed by atoms with Crippen LogP contribution in [0.4, 0.5) is 5.82 Å². The SMILES string of the molecule is Cc1cc(C(=O)N2CCCC(c3cc(N(C)C)nc(-c4cccnc4)n3)C2)cs1. The molecule has 1 aliphatic rings. The predicted molar refractivity (Wildman–Crippen MR) is 117 cm³/mol. The first-order chi connectivity index (χ1) is 14.0. The Morgan fingerprint density at radius 3 is 2.83 bits per heavy atom. The monoisotopic (exact) mass is 407 g/mol.